The average Bonchev–Trinajstić information content (AvgIpc) is 2.35. The van der Waals surface area contributed by atoms with Gasteiger partial charge in [0.05, 0.1) is 0 Å². The van der Waals surface area contributed by atoms with Gasteiger partial charge in [0.25, 0.3) is 0 Å². The first-order valence-corrected chi connectivity index (χ1v) is 5.35. The maximum Gasteiger partial charge on any atom is -0.0105 e. The van der Waals surface area contributed by atoms with Gasteiger partial charge in [-0.25, -0.2) is 0 Å². The van der Waals surface area contributed by atoms with E-state index >= 15 is 0 Å². The molecule has 0 aliphatic carbocycles. The Balaban J connectivity index is 2.51. The summed E-state index contributed by atoms with van der Waals surface area (Å²) < 4.78 is 0. The van der Waals surface area contributed by atoms with Gasteiger partial charge < -0.3 is 0 Å². The Hall–Kier alpha value is -2.08. The molecule has 1 radical (unpaired) electrons. The quantitative estimate of drug-likeness (QED) is 0.513. The summed E-state index contributed by atoms with van der Waals surface area (Å²) in [6, 6.07) is 19.0. The zero-order valence-corrected chi connectivity index (χ0v) is 8.85. The molecule has 0 spiro atoms. The minimum atomic E-state index is 1.09. The van der Waals surface area contributed by atoms with Gasteiger partial charge in [-0.15, -0.1) is 0 Å². The molecule has 0 saturated heterocycles. The predicted molar refractivity (Wildman–Crippen MR) is 70.2 cm³/mol. The van der Waals surface area contributed by atoms with E-state index in [2.05, 4.69) is 42.5 Å². The van der Waals surface area contributed by atoms with E-state index in [4.69, 9.17) is 6.58 Å². The molecule has 0 heterocycles. The van der Waals surface area contributed by atoms with E-state index in [1.54, 1.807) is 6.08 Å². The van der Waals surface area contributed by atoms with Gasteiger partial charge in [-0.1, -0.05) is 55.1 Å². The van der Waals surface area contributed by atoms with Crippen LogP contribution in [0.15, 0.2) is 54.6 Å². The summed E-state index contributed by atoms with van der Waals surface area (Å²) >= 11 is 0. The van der Waals surface area contributed by atoms with Gasteiger partial charge in [-0.3, -0.25) is 0 Å². The second-order valence-corrected chi connectivity index (χ2v) is 3.93. The molecule has 0 bridgehead atoms. The van der Waals surface area contributed by atoms with Crippen molar-refractivity contribution in [2.24, 2.45) is 0 Å². The summed E-state index contributed by atoms with van der Waals surface area (Å²) in [5.74, 6) is 0. The molecule has 0 aliphatic rings. The van der Waals surface area contributed by atoms with E-state index in [1.807, 2.05) is 12.1 Å². The summed E-state index contributed by atoms with van der Waals surface area (Å²) in [7, 11) is 0. The van der Waals surface area contributed by atoms with Gasteiger partial charge in [-0.05, 0) is 39.2 Å². The first kappa shape index (κ1) is 9.17. The Morgan fingerprint density at radius 2 is 1.44 bits per heavy atom. The third-order valence-corrected chi connectivity index (χ3v) is 2.96. The SMILES string of the molecule is [CH]=Cc1cccc2cc3ccccc3cc12. The molecule has 75 valence electrons. The fourth-order valence-corrected chi connectivity index (χ4v) is 2.14. The van der Waals surface area contributed by atoms with Crippen LogP contribution in [0.5, 0.6) is 0 Å². The van der Waals surface area contributed by atoms with Gasteiger partial charge in [0.15, 0.2) is 0 Å². The first-order chi connectivity index (χ1) is 7.88. The second kappa shape index (κ2) is 3.49. The van der Waals surface area contributed by atoms with Crippen LogP contribution in [0.4, 0.5) is 0 Å². The van der Waals surface area contributed by atoms with E-state index < -0.39 is 0 Å². The number of hydrogen-bond acceptors (Lipinski definition) is 0. The maximum atomic E-state index is 5.63. The lowest BCUT2D eigenvalue weighted by molar-refractivity contribution is 1.73. The van der Waals surface area contributed by atoms with Crippen LogP contribution in [0.1, 0.15) is 5.56 Å². The Labute approximate surface area is 94.8 Å². The summed E-state index contributed by atoms with van der Waals surface area (Å²) in [4.78, 5) is 0. The Bertz CT molecular complexity index is 678. The summed E-state index contributed by atoms with van der Waals surface area (Å²) in [5, 5.41) is 4.97. The highest BCUT2D eigenvalue weighted by Gasteiger charge is 1.99. The predicted octanol–water partition coefficient (Wildman–Crippen LogP) is 4.44. The molecule has 0 N–H and O–H groups in total. The molecule has 0 aromatic heterocycles. The molecule has 0 amide bonds. The van der Waals surface area contributed by atoms with Crippen LogP contribution in [0.3, 0.4) is 0 Å². The zero-order valence-electron chi connectivity index (χ0n) is 8.85. The number of fused-ring (bicyclic) bond motifs is 2. The monoisotopic (exact) mass is 203 g/mol. The van der Waals surface area contributed by atoms with Crippen LogP contribution in [0.2, 0.25) is 0 Å². The molecule has 0 unspecified atom stereocenters. The fourth-order valence-electron chi connectivity index (χ4n) is 2.14. The van der Waals surface area contributed by atoms with Crippen molar-refractivity contribution in [2.45, 2.75) is 0 Å². The van der Waals surface area contributed by atoms with Crippen LogP contribution in [-0.2, 0) is 0 Å². The van der Waals surface area contributed by atoms with Gasteiger partial charge in [-0.2, -0.15) is 0 Å². The topological polar surface area (TPSA) is 0 Å². The smallest absolute Gasteiger partial charge is 0.0105 e. The van der Waals surface area contributed by atoms with Crippen LogP contribution in [-0.4, -0.2) is 0 Å². The van der Waals surface area contributed by atoms with Crippen molar-refractivity contribution in [1.82, 2.24) is 0 Å². The number of benzene rings is 3. The van der Waals surface area contributed by atoms with Crippen molar-refractivity contribution in [3.63, 3.8) is 0 Å². The lowest BCUT2D eigenvalue weighted by Crippen LogP contribution is -1.79. The van der Waals surface area contributed by atoms with Crippen molar-refractivity contribution < 1.29 is 0 Å². The molecule has 0 atom stereocenters. The van der Waals surface area contributed by atoms with Crippen molar-refractivity contribution in [3.8, 4) is 0 Å². The Kier molecular flexibility index (Phi) is 2.00. The Morgan fingerprint density at radius 1 is 0.750 bits per heavy atom. The van der Waals surface area contributed by atoms with Crippen LogP contribution in [0.25, 0.3) is 27.6 Å². The highest BCUT2D eigenvalue weighted by Crippen LogP contribution is 2.25. The lowest BCUT2D eigenvalue weighted by atomic mass is 10.00. The minimum absolute atomic E-state index is 1.09. The Morgan fingerprint density at radius 3 is 2.19 bits per heavy atom. The van der Waals surface area contributed by atoms with Crippen LogP contribution in [0, 0.1) is 6.58 Å². The van der Waals surface area contributed by atoms with Crippen molar-refractivity contribution >= 4 is 27.6 Å². The van der Waals surface area contributed by atoms with Crippen LogP contribution < -0.4 is 0 Å². The van der Waals surface area contributed by atoms with Crippen molar-refractivity contribution in [2.75, 3.05) is 0 Å². The molecular formula is C16H11. The highest BCUT2D eigenvalue weighted by atomic mass is 14.0. The minimum Gasteiger partial charge on any atom is -0.0616 e. The molecule has 0 fully saturated rings. The molecule has 0 nitrogen and oxygen atoms in total. The molecular weight excluding hydrogens is 192 g/mol. The molecule has 3 rings (SSSR count). The number of rotatable bonds is 1. The normalized spacial score (nSPS) is 10.8. The zero-order chi connectivity index (χ0) is 11.0. The van der Waals surface area contributed by atoms with E-state index in [1.165, 1.54) is 21.5 Å². The largest absolute Gasteiger partial charge is 0.0616 e. The summed E-state index contributed by atoms with van der Waals surface area (Å²) in [6.07, 6.45) is 1.66. The molecule has 0 heteroatoms. The summed E-state index contributed by atoms with van der Waals surface area (Å²) in [5.41, 5.74) is 1.09. The van der Waals surface area contributed by atoms with Gasteiger partial charge in [0, 0.05) is 0 Å². The van der Waals surface area contributed by atoms with E-state index in [-0.39, 0.29) is 0 Å². The second-order valence-electron chi connectivity index (χ2n) is 3.93. The molecule has 16 heavy (non-hydrogen) atoms. The standard InChI is InChI=1S/C16H11/c1-2-12-8-5-9-15-10-13-6-3-4-7-14(13)11-16(12)15/h1-11H. The highest BCUT2D eigenvalue weighted by molar-refractivity contribution is 6.01. The summed E-state index contributed by atoms with van der Waals surface area (Å²) in [6.45, 7) is 5.63. The fraction of sp³-hybridized carbons (Fsp3) is 0. The maximum absolute atomic E-state index is 5.63. The third kappa shape index (κ3) is 1.31. The van der Waals surface area contributed by atoms with Crippen molar-refractivity contribution in [3.05, 3.63) is 66.7 Å². The number of hydrogen-bond donors (Lipinski definition) is 0. The van der Waals surface area contributed by atoms with Gasteiger partial charge >= 0.3 is 0 Å². The van der Waals surface area contributed by atoms with E-state index in [0.29, 0.717) is 0 Å². The van der Waals surface area contributed by atoms with Crippen molar-refractivity contribution in [1.29, 1.82) is 0 Å². The average molecular weight is 203 g/mol. The van der Waals surface area contributed by atoms with E-state index in [9.17, 15) is 0 Å². The van der Waals surface area contributed by atoms with E-state index in [0.717, 1.165) is 5.56 Å². The van der Waals surface area contributed by atoms with Crippen LogP contribution >= 0.6 is 0 Å². The molecule has 0 saturated carbocycles. The molecule has 0 aliphatic heterocycles. The first-order valence-electron chi connectivity index (χ1n) is 5.35. The van der Waals surface area contributed by atoms with Gasteiger partial charge in [0.2, 0.25) is 0 Å². The molecule has 3 aromatic carbocycles. The molecule has 3 aromatic rings. The van der Waals surface area contributed by atoms with Gasteiger partial charge in [0.1, 0.15) is 0 Å². The lowest BCUT2D eigenvalue weighted by Gasteiger charge is -2.04. The third-order valence-electron chi connectivity index (χ3n) is 2.96.